The largest absolute Gasteiger partial charge is 0.398 e. The minimum Gasteiger partial charge on any atom is -0.398 e. The zero-order valence-electron chi connectivity index (χ0n) is 11.3. The van der Waals surface area contributed by atoms with Gasteiger partial charge in [0.05, 0.1) is 0 Å². The second-order valence-electron chi connectivity index (χ2n) is 5.86. The van der Waals surface area contributed by atoms with Gasteiger partial charge >= 0.3 is 0 Å². The highest BCUT2D eigenvalue weighted by atomic mass is 16.3. The van der Waals surface area contributed by atoms with E-state index in [1.807, 2.05) is 18.2 Å². The first-order chi connectivity index (χ1) is 7.59. The standard InChI is InChI=1S/C15H21NO/c1-14(2,3)12-10-11(6-7-13(12)16)8-9-15(4,5)17/h6-7,10,17H,16H2,1-5H3. The van der Waals surface area contributed by atoms with Gasteiger partial charge in [0.15, 0.2) is 0 Å². The van der Waals surface area contributed by atoms with Crippen LogP contribution in [0.1, 0.15) is 45.7 Å². The van der Waals surface area contributed by atoms with Crippen molar-refractivity contribution in [2.75, 3.05) is 5.73 Å². The van der Waals surface area contributed by atoms with Crippen LogP contribution < -0.4 is 5.73 Å². The molecular formula is C15H21NO. The fraction of sp³-hybridized carbons (Fsp3) is 0.467. The maximum absolute atomic E-state index is 9.56. The first kappa shape index (κ1) is 13.6. The van der Waals surface area contributed by atoms with Gasteiger partial charge in [-0.05, 0) is 43.0 Å². The van der Waals surface area contributed by atoms with Gasteiger partial charge in [-0.1, -0.05) is 32.6 Å². The number of hydrogen-bond acceptors (Lipinski definition) is 2. The van der Waals surface area contributed by atoms with Gasteiger partial charge in [0.1, 0.15) is 5.60 Å². The summed E-state index contributed by atoms with van der Waals surface area (Å²) in [6, 6.07) is 5.74. The Morgan fingerprint density at radius 3 is 2.18 bits per heavy atom. The van der Waals surface area contributed by atoms with Crippen molar-refractivity contribution in [2.45, 2.75) is 45.6 Å². The Morgan fingerprint density at radius 1 is 1.12 bits per heavy atom. The molecule has 0 saturated heterocycles. The highest BCUT2D eigenvalue weighted by Crippen LogP contribution is 2.28. The van der Waals surface area contributed by atoms with E-state index < -0.39 is 5.60 Å². The van der Waals surface area contributed by atoms with Crippen molar-refractivity contribution in [1.29, 1.82) is 0 Å². The molecule has 0 aromatic heterocycles. The third-order valence-corrected chi connectivity index (χ3v) is 2.37. The number of anilines is 1. The summed E-state index contributed by atoms with van der Waals surface area (Å²) in [7, 11) is 0. The quantitative estimate of drug-likeness (QED) is 0.532. The number of nitrogens with two attached hydrogens (primary N) is 1. The summed E-state index contributed by atoms with van der Waals surface area (Å²) in [5.41, 5.74) is 7.74. The van der Waals surface area contributed by atoms with Crippen LogP contribution in [0, 0.1) is 11.8 Å². The van der Waals surface area contributed by atoms with Gasteiger partial charge in [-0.2, -0.15) is 0 Å². The second kappa shape index (κ2) is 4.43. The molecule has 0 amide bonds. The zero-order valence-corrected chi connectivity index (χ0v) is 11.3. The number of aliphatic hydroxyl groups is 1. The molecule has 2 heteroatoms. The summed E-state index contributed by atoms with van der Waals surface area (Å²) >= 11 is 0. The van der Waals surface area contributed by atoms with Crippen LogP contribution in [0.3, 0.4) is 0 Å². The molecule has 0 bridgehead atoms. The van der Waals surface area contributed by atoms with Gasteiger partial charge in [0.25, 0.3) is 0 Å². The van der Waals surface area contributed by atoms with Crippen molar-refractivity contribution < 1.29 is 5.11 Å². The molecule has 0 fully saturated rings. The van der Waals surface area contributed by atoms with E-state index in [1.165, 1.54) is 0 Å². The van der Waals surface area contributed by atoms with E-state index in [2.05, 4.69) is 32.6 Å². The van der Waals surface area contributed by atoms with Crippen molar-refractivity contribution in [3.63, 3.8) is 0 Å². The molecule has 0 aliphatic heterocycles. The molecule has 1 rings (SSSR count). The molecule has 2 nitrogen and oxygen atoms in total. The molecule has 1 aromatic rings. The fourth-order valence-corrected chi connectivity index (χ4v) is 1.51. The van der Waals surface area contributed by atoms with E-state index in [0.717, 1.165) is 16.8 Å². The topological polar surface area (TPSA) is 46.2 Å². The monoisotopic (exact) mass is 231 g/mol. The lowest BCUT2D eigenvalue weighted by Gasteiger charge is -2.21. The van der Waals surface area contributed by atoms with Crippen molar-refractivity contribution in [3.8, 4) is 11.8 Å². The predicted molar refractivity (Wildman–Crippen MR) is 72.7 cm³/mol. The van der Waals surface area contributed by atoms with Crippen molar-refractivity contribution in [3.05, 3.63) is 29.3 Å². The summed E-state index contributed by atoms with van der Waals surface area (Å²) in [4.78, 5) is 0. The summed E-state index contributed by atoms with van der Waals surface area (Å²) < 4.78 is 0. The molecule has 0 spiro atoms. The van der Waals surface area contributed by atoms with E-state index in [0.29, 0.717) is 0 Å². The summed E-state index contributed by atoms with van der Waals surface area (Å²) in [6.07, 6.45) is 0. The third kappa shape index (κ3) is 4.13. The molecule has 92 valence electrons. The second-order valence-corrected chi connectivity index (χ2v) is 5.86. The molecule has 3 N–H and O–H groups in total. The number of rotatable bonds is 0. The highest BCUT2D eigenvalue weighted by Gasteiger charge is 2.17. The van der Waals surface area contributed by atoms with Crippen LogP contribution in [0.4, 0.5) is 5.69 Å². The van der Waals surface area contributed by atoms with Crippen LogP contribution in [0.5, 0.6) is 0 Å². The van der Waals surface area contributed by atoms with Crippen LogP contribution in [0.15, 0.2) is 18.2 Å². The van der Waals surface area contributed by atoms with Crippen molar-refractivity contribution in [2.24, 2.45) is 0 Å². The number of hydrogen-bond donors (Lipinski definition) is 2. The van der Waals surface area contributed by atoms with E-state index in [1.54, 1.807) is 13.8 Å². The summed E-state index contributed by atoms with van der Waals surface area (Å²) in [5.74, 6) is 5.77. The van der Waals surface area contributed by atoms with Crippen LogP contribution >= 0.6 is 0 Å². The molecular weight excluding hydrogens is 210 g/mol. The maximum atomic E-state index is 9.56. The lowest BCUT2D eigenvalue weighted by Crippen LogP contribution is -2.15. The Kier molecular flexibility index (Phi) is 3.54. The van der Waals surface area contributed by atoms with Gasteiger partial charge in [-0.25, -0.2) is 0 Å². The van der Waals surface area contributed by atoms with E-state index in [9.17, 15) is 5.11 Å². The molecule has 17 heavy (non-hydrogen) atoms. The fourth-order valence-electron chi connectivity index (χ4n) is 1.51. The first-order valence-electron chi connectivity index (χ1n) is 5.75. The molecule has 0 heterocycles. The third-order valence-electron chi connectivity index (χ3n) is 2.37. The summed E-state index contributed by atoms with van der Waals surface area (Å²) in [6.45, 7) is 9.69. The average Bonchev–Trinajstić information content (AvgIpc) is 2.13. The molecule has 0 aliphatic carbocycles. The molecule has 0 radical (unpaired) electrons. The van der Waals surface area contributed by atoms with E-state index in [4.69, 9.17) is 5.73 Å². The molecule has 1 aromatic carbocycles. The Bertz CT molecular complexity index is 464. The van der Waals surface area contributed by atoms with E-state index >= 15 is 0 Å². The van der Waals surface area contributed by atoms with Crippen molar-refractivity contribution >= 4 is 5.69 Å². The predicted octanol–water partition coefficient (Wildman–Crippen LogP) is 2.69. The van der Waals surface area contributed by atoms with Crippen LogP contribution in [-0.4, -0.2) is 10.7 Å². The van der Waals surface area contributed by atoms with Crippen molar-refractivity contribution in [1.82, 2.24) is 0 Å². The SMILES string of the molecule is CC(C)(O)C#Cc1ccc(N)c(C(C)(C)C)c1. The molecule has 0 atom stereocenters. The minimum absolute atomic E-state index is 0.00347. The minimum atomic E-state index is -0.969. The Balaban J connectivity index is 3.17. The van der Waals surface area contributed by atoms with Crippen LogP contribution in [0.2, 0.25) is 0 Å². The first-order valence-corrected chi connectivity index (χ1v) is 5.75. The zero-order chi connectivity index (χ0) is 13.3. The van der Waals surface area contributed by atoms with Gasteiger partial charge in [0, 0.05) is 11.3 Å². The average molecular weight is 231 g/mol. The molecule has 0 saturated carbocycles. The molecule has 0 unspecified atom stereocenters. The van der Waals surface area contributed by atoms with Gasteiger partial charge in [-0.15, -0.1) is 0 Å². The van der Waals surface area contributed by atoms with Gasteiger partial charge in [-0.3, -0.25) is 0 Å². The normalized spacial score (nSPS) is 11.9. The van der Waals surface area contributed by atoms with Crippen LogP contribution in [-0.2, 0) is 5.41 Å². The Morgan fingerprint density at radius 2 is 1.71 bits per heavy atom. The smallest absolute Gasteiger partial charge is 0.120 e. The number of benzene rings is 1. The number of nitrogen functional groups attached to an aromatic ring is 1. The van der Waals surface area contributed by atoms with Gasteiger partial charge in [0.2, 0.25) is 0 Å². The van der Waals surface area contributed by atoms with E-state index in [-0.39, 0.29) is 5.41 Å². The molecule has 0 aliphatic rings. The maximum Gasteiger partial charge on any atom is 0.120 e. The van der Waals surface area contributed by atoms with Gasteiger partial charge < -0.3 is 10.8 Å². The highest BCUT2D eigenvalue weighted by molar-refractivity contribution is 5.55. The summed E-state index contributed by atoms with van der Waals surface area (Å²) in [5, 5.41) is 9.56. The Hall–Kier alpha value is -1.46. The lowest BCUT2D eigenvalue weighted by molar-refractivity contribution is 0.143. The Labute approximate surface area is 104 Å². The lowest BCUT2D eigenvalue weighted by atomic mass is 9.85. The van der Waals surface area contributed by atoms with Crippen LogP contribution in [0.25, 0.3) is 0 Å².